The number of carbonyl (C=O) groups excluding carboxylic acids is 1. The third-order valence-electron chi connectivity index (χ3n) is 3.86. The zero-order chi connectivity index (χ0) is 8.93. The molecule has 2 bridgehead atoms. The van der Waals surface area contributed by atoms with E-state index in [1.807, 2.05) is 0 Å². The van der Waals surface area contributed by atoms with E-state index in [-0.39, 0.29) is 6.10 Å². The van der Waals surface area contributed by atoms with Gasteiger partial charge in [0.2, 0.25) is 0 Å². The molecule has 2 rings (SSSR count). The van der Waals surface area contributed by atoms with E-state index in [9.17, 15) is 4.79 Å². The molecule has 0 spiro atoms. The summed E-state index contributed by atoms with van der Waals surface area (Å²) in [6.07, 6.45) is 1.71. The Hall–Kier alpha value is -0.370. The van der Waals surface area contributed by atoms with Crippen LogP contribution < -0.4 is 0 Å². The fourth-order valence-electron chi connectivity index (χ4n) is 2.74. The second-order valence-corrected chi connectivity index (χ2v) is 4.17. The van der Waals surface area contributed by atoms with E-state index in [2.05, 4.69) is 20.8 Å². The van der Waals surface area contributed by atoms with Crippen molar-refractivity contribution in [1.82, 2.24) is 0 Å². The maximum absolute atomic E-state index is 11.6. The van der Waals surface area contributed by atoms with Crippen molar-refractivity contribution in [3.8, 4) is 0 Å². The molecule has 0 aromatic rings. The lowest BCUT2D eigenvalue weighted by Gasteiger charge is -2.30. The average Bonchev–Trinajstić information content (AvgIpc) is 2.50. The normalized spacial score (nSPS) is 51.9. The van der Waals surface area contributed by atoms with Crippen molar-refractivity contribution in [2.45, 2.75) is 45.3 Å². The molecule has 4 unspecified atom stereocenters. The summed E-state index contributed by atoms with van der Waals surface area (Å²) in [5, 5.41) is 0. The summed E-state index contributed by atoms with van der Waals surface area (Å²) in [4.78, 5) is 11.6. The zero-order valence-corrected chi connectivity index (χ0v) is 7.96. The number of fused-ring (bicyclic) bond motifs is 2. The van der Waals surface area contributed by atoms with Crippen molar-refractivity contribution in [2.24, 2.45) is 11.8 Å². The van der Waals surface area contributed by atoms with E-state index in [1.54, 1.807) is 0 Å². The van der Waals surface area contributed by atoms with Crippen molar-refractivity contribution < 1.29 is 9.53 Å². The highest BCUT2D eigenvalue weighted by Gasteiger charge is 2.59. The summed E-state index contributed by atoms with van der Waals surface area (Å²) in [6, 6.07) is 0. The quantitative estimate of drug-likeness (QED) is 0.596. The molecule has 0 amide bonds. The summed E-state index contributed by atoms with van der Waals surface area (Å²) in [7, 11) is 0. The largest absolute Gasteiger partial charge is 0.363 e. The van der Waals surface area contributed by atoms with Gasteiger partial charge in [0, 0.05) is 6.42 Å². The molecule has 2 saturated heterocycles. The summed E-state index contributed by atoms with van der Waals surface area (Å²) >= 11 is 0. The van der Waals surface area contributed by atoms with E-state index in [0.717, 1.165) is 6.42 Å². The average molecular weight is 168 g/mol. The maximum atomic E-state index is 11.6. The lowest BCUT2D eigenvalue weighted by molar-refractivity contribution is -0.133. The monoisotopic (exact) mass is 168 g/mol. The minimum Gasteiger partial charge on any atom is -0.363 e. The van der Waals surface area contributed by atoms with Gasteiger partial charge in [0.25, 0.3) is 0 Å². The minimum absolute atomic E-state index is 0.215. The lowest BCUT2D eigenvalue weighted by Crippen LogP contribution is -2.42. The van der Waals surface area contributed by atoms with Gasteiger partial charge in [0.05, 0.1) is 6.10 Å². The molecule has 12 heavy (non-hydrogen) atoms. The Morgan fingerprint density at radius 3 is 2.67 bits per heavy atom. The second kappa shape index (κ2) is 2.32. The number of ketones is 1. The SMILES string of the molecule is CCC12OC(CC1=O)C(C)C2C. The number of rotatable bonds is 1. The molecule has 0 aromatic carbocycles. The van der Waals surface area contributed by atoms with Crippen LogP contribution in [0.3, 0.4) is 0 Å². The van der Waals surface area contributed by atoms with Crippen LogP contribution in [0.1, 0.15) is 33.6 Å². The summed E-state index contributed by atoms with van der Waals surface area (Å²) in [5.41, 5.74) is -0.399. The van der Waals surface area contributed by atoms with Crippen molar-refractivity contribution in [1.29, 1.82) is 0 Å². The fraction of sp³-hybridized carbons (Fsp3) is 0.900. The molecule has 2 aliphatic rings. The van der Waals surface area contributed by atoms with E-state index >= 15 is 0 Å². The number of ether oxygens (including phenoxy) is 1. The number of Topliss-reactive ketones (excluding diaryl/α,β-unsaturated/α-hetero) is 1. The van der Waals surface area contributed by atoms with Crippen molar-refractivity contribution in [2.75, 3.05) is 0 Å². The first kappa shape index (κ1) is 8.24. The van der Waals surface area contributed by atoms with Gasteiger partial charge in [0.15, 0.2) is 5.78 Å². The Labute approximate surface area is 73.3 Å². The summed E-state index contributed by atoms with van der Waals surface area (Å²) in [5.74, 6) is 1.30. The third-order valence-corrected chi connectivity index (χ3v) is 3.86. The second-order valence-electron chi connectivity index (χ2n) is 4.17. The topological polar surface area (TPSA) is 26.3 Å². The maximum Gasteiger partial charge on any atom is 0.167 e. The molecule has 4 atom stereocenters. The van der Waals surface area contributed by atoms with Crippen LogP contribution in [0, 0.1) is 11.8 Å². The molecule has 0 aliphatic carbocycles. The van der Waals surface area contributed by atoms with E-state index < -0.39 is 5.60 Å². The molecule has 2 nitrogen and oxygen atoms in total. The van der Waals surface area contributed by atoms with Crippen LogP contribution in [0.25, 0.3) is 0 Å². The van der Waals surface area contributed by atoms with E-state index in [0.29, 0.717) is 24.0 Å². The Balaban J connectivity index is 2.35. The number of hydrogen-bond donors (Lipinski definition) is 0. The molecule has 0 N–H and O–H groups in total. The Kier molecular flexibility index (Phi) is 1.59. The summed E-state index contributed by atoms with van der Waals surface area (Å²) < 4.78 is 5.80. The van der Waals surface area contributed by atoms with Gasteiger partial charge in [-0.1, -0.05) is 20.8 Å². The number of carbonyl (C=O) groups is 1. The van der Waals surface area contributed by atoms with Crippen molar-refractivity contribution >= 4 is 5.78 Å². The molecule has 2 fully saturated rings. The minimum atomic E-state index is -0.399. The first-order chi connectivity index (χ1) is 5.62. The van der Waals surface area contributed by atoms with Gasteiger partial charge in [-0.05, 0) is 18.3 Å². The van der Waals surface area contributed by atoms with Crippen LogP contribution in [-0.2, 0) is 9.53 Å². The molecular formula is C10H16O2. The van der Waals surface area contributed by atoms with Gasteiger partial charge in [0.1, 0.15) is 5.60 Å². The van der Waals surface area contributed by atoms with Gasteiger partial charge in [-0.2, -0.15) is 0 Å². The van der Waals surface area contributed by atoms with Gasteiger partial charge in [-0.3, -0.25) is 4.79 Å². The third kappa shape index (κ3) is 0.717. The first-order valence-corrected chi connectivity index (χ1v) is 4.83. The van der Waals surface area contributed by atoms with Crippen molar-refractivity contribution in [3.63, 3.8) is 0 Å². The Bertz CT molecular complexity index is 224. The van der Waals surface area contributed by atoms with Gasteiger partial charge in [-0.15, -0.1) is 0 Å². The van der Waals surface area contributed by atoms with Crippen molar-refractivity contribution in [3.05, 3.63) is 0 Å². The van der Waals surface area contributed by atoms with Gasteiger partial charge >= 0.3 is 0 Å². The predicted octanol–water partition coefficient (Wildman–Crippen LogP) is 1.78. The van der Waals surface area contributed by atoms with Gasteiger partial charge in [-0.25, -0.2) is 0 Å². The lowest BCUT2D eigenvalue weighted by atomic mass is 9.71. The first-order valence-electron chi connectivity index (χ1n) is 4.83. The molecule has 0 saturated carbocycles. The van der Waals surface area contributed by atoms with E-state index in [1.165, 1.54) is 0 Å². The molecule has 2 heteroatoms. The Morgan fingerprint density at radius 1 is 1.58 bits per heavy atom. The van der Waals surface area contributed by atoms with Gasteiger partial charge < -0.3 is 4.74 Å². The Morgan fingerprint density at radius 2 is 2.25 bits per heavy atom. The smallest absolute Gasteiger partial charge is 0.167 e. The van der Waals surface area contributed by atoms with E-state index in [4.69, 9.17) is 4.74 Å². The summed E-state index contributed by atoms with van der Waals surface area (Å²) in [6.45, 7) is 6.39. The van der Waals surface area contributed by atoms with Crippen LogP contribution >= 0.6 is 0 Å². The molecule has 2 aliphatic heterocycles. The molecule has 2 heterocycles. The highest BCUT2D eigenvalue weighted by atomic mass is 16.5. The van der Waals surface area contributed by atoms with Crippen LogP contribution in [0.5, 0.6) is 0 Å². The molecule has 0 aromatic heterocycles. The van der Waals surface area contributed by atoms with Crippen LogP contribution in [0.4, 0.5) is 0 Å². The standard InChI is InChI=1S/C10H16O2/c1-4-10-7(3)6(2)8(12-10)5-9(10)11/h6-8H,4-5H2,1-3H3. The van der Waals surface area contributed by atoms with Crippen LogP contribution in [-0.4, -0.2) is 17.5 Å². The zero-order valence-electron chi connectivity index (χ0n) is 7.96. The van der Waals surface area contributed by atoms with Crippen LogP contribution in [0.15, 0.2) is 0 Å². The van der Waals surface area contributed by atoms with Crippen LogP contribution in [0.2, 0.25) is 0 Å². The number of hydrogen-bond acceptors (Lipinski definition) is 2. The molecule has 68 valence electrons. The molecule has 0 radical (unpaired) electrons. The fourth-order valence-corrected chi connectivity index (χ4v) is 2.74. The predicted molar refractivity (Wildman–Crippen MR) is 45.8 cm³/mol. The highest BCUT2D eigenvalue weighted by molar-refractivity contribution is 5.91. The highest BCUT2D eigenvalue weighted by Crippen LogP contribution is 2.50. The molecular weight excluding hydrogens is 152 g/mol.